The molecule has 132 valence electrons. The molecule has 4 nitrogen and oxygen atoms in total. The van der Waals surface area contributed by atoms with E-state index in [1.165, 1.54) is 5.56 Å². The lowest BCUT2D eigenvalue weighted by Gasteiger charge is -1.87. The Morgan fingerprint density at radius 2 is 0.889 bits per heavy atom. The van der Waals surface area contributed by atoms with Gasteiger partial charge in [0.15, 0.2) is 0 Å². The summed E-state index contributed by atoms with van der Waals surface area (Å²) in [6, 6.07) is 30.3. The van der Waals surface area contributed by atoms with Gasteiger partial charge in [-0.1, -0.05) is 96.6 Å². The van der Waals surface area contributed by atoms with Crippen LogP contribution in [0.1, 0.15) is 26.3 Å². The molecule has 0 heterocycles. The van der Waals surface area contributed by atoms with E-state index in [2.05, 4.69) is 19.1 Å². The Hall–Kier alpha value is -4.02. The van der Waals surface area contributed by atoms with Crippen molar-refractivity contribution in [2.24, 2.45) is 0 Å². The summed E-state index contributed by atoms with van der Waals surface area (Å²) < 4.78 is 0. The molecular formula is C23H18N2O2. The molecule has 0 radical (unpaired) electrons. The van der Waals surface area contributed by atoms with E-state index in [4.69, 9.17) is 10.5 Å². The molecule has 0 spiro atoms. The lowest BCUT2D eigenvalue weighted by Crippen LogP contribution is -1.91. The fraction of sp³-hybridized carbons (Fsp3) is 0.0435. The van der Waals surface area contributed by atoms with Crippen LogP contribution in [0.2, 0.25) is 0 Å². The number of aryl methyl sites for hydroxylation is 1. The fourth-order valence-electron chi connectivity index (χ4n) is 1.84. The Balaban J connectivity index is 0.000000206. The standard InChI is InChI=1S/2C8H5NO.C7H8/c2*9-6-8(10)7-4-2-1-3-5-7;1-7-5-3-2-4-6-7/h2*1-5H;2-6H,1H3. The fourth-order valence-corrected chi connectivity index (χ4v) is 1.84. The molecule has 3 aromatic carbocycles. The van der Waals surface area contributed by atoms with Gasteiger partial charge in [0.05, 0.1) is 0 Å². The van der Waals surface area contributed by atoms with Crippen LogP contribution < -0.4 is 0 Å². The lowest BCUT2D eigenvalue weighted by molar-refractivity contribution is 0.104. The number of hydrogen-bond donors (Lipinski definition) is 0. The van der Waals surface area contributed by atoms with Gasteiger partial charge in [0, 0.05) is 11.1 Å². The van der Waals surface area contributed by atoms with E-state index < -0.39 is 11.6 Å². The number of benzene rings is 3. The van der Waals surface area contributed by atoms with Crippen molar-refractivity contribution >= 4 is 11.6 Å². The number of carbonyl (C=O) groups is 2. The molecule has 0 saturated heterocycles. The second-order valence-corrected chi connectivity index (χ2v) is 5.27. The molecule has 0 N–H and O–H groups in total. The first kappa shape index (κ1) is 21.0. The van der Waals surface area contributed by atoms with Crippen LogP contribution in [0.5, 0.6) is 0 Å². The van der Waals surface area contributed by atoms with Gasteiger partial charge in [-0.15, -0.1) is 0 Å². The molecule has 0 aliphatic carbocycles. The van der Waals surface area contributed by atoms with Crippen LogP contribution in [0.4, 0.5) is 0 Å². The monoisotopic (exact) mass is 354 g/mol. The van der Waals surface area contributed by atoms with Crippen LogP contribution in [-0.2, 0) is 0 Å². The average Bonchev–Trinajstić information content (AvgIpc) is 2.75. The van der Waals surface area contributed by atoms with Gasteiger partial charge in [-0.05, 0) is 6.92 Å². The van der Waals surface area contributed by atoms with Gasteiger partial charge in [0.2, 0.25) is 0 Å². The number of rotatable bonds is 2. The van der Waals surface area contributed by atoms with E-state index in [1.54, 1.807) is 72.8 Å². The van der Waals surface area contributed by atoms with Crippen LogP contribution in [0.3, 0.4) is 0 Å². The summed E-state index contributed by atoms with van der Waals surface area (Å²) in [5.41, 5.74) is 2.22. The van der Waals surface area contributed by atoms with Gasteiger partial charge < -0.3 is 0 Å². The molecule has 3 rings (SSSR count). The van der Waals surface area contributed by atoms with E-state index in [1.807, 2.05) is 18.2 Å². The van der Waals surface area contributed by atoms with Crippen LogP contribution in [0.15, 0.2) is 91.0 Å². The van der Waals surface area contributed by atoms with Crippen LogP contribution >= 0.6 is 0 Å². The molecule has 0 saturated carbocycles. The summed E-state index contributed by atoms with van der Waals surface area (Å²) in [7, 11) is 0. The van der Waals surface area contributed by atoms with Crippen molar-refractivity contribution in [1.29, 1.82) is 10.5 Å². The zero-order valence-corrected chi connectivity index (χ0v) is 14.9. The maximum Gasteiger partial charge on any atom is 0.262 e. The second-order valence-electron chi connectivity index (χ2n) is 5.27. The second kappa shape index (κ2) is 12.4. The lowest BCUT2D eigenvalue weighted by atomic mass is 10.1. The topological polar surface area (TPSA) is 81.7 Å². The van der Waals surface area contributed by atoms with E-state index in [-0.39, 0.29) is 0 Å². The molecule has 0 unspecified atom stereocenters. The van der Waals surface area contributed by atoms with Crippen molar-refractivity contribution in [1.82, 2.24) is 0 Å². The predicted octanol–water partition coefficient (Wildman–Crippen LogP) is 4.78. The normalized spacial score (nSPS) is 8.41. The van der Waals surface area contributed by atoms with Gasteiger partial charge in [-0.3, -0.25) is 9.59 Å². The first-order valence-electron chi connectivity index (χ1n) is 8.09. The highest BCUT2D eigenvalue weighted by Gasteiger charge is 2.00. The third kappa shape index (κ3) is 8.58. The van der Waals surface area contributed by atoms with Gasteiger partial charge in [-0.2, -0.15) is 10.5 Å². The highest BCUT2D eigenvalue weighted by molar-refractivity contribution is 6.07. The van der Waals surface area contributed by atoms with E-state index in [0.717, 1.165) is 0 Å². The molecule has 4 heteroatoms. The minimum absolute atomic E-state index is 0.449. The molecule has 27 heavy (non-hydrogen) atoms. The summed E-state index contributed by atoms with van der Waals surface area (Å²) in [6.07, 6.45) is 0. The smallest absolute Gasteiger partial charge is 0.262 e. The van der Waals surface area contributed by atoms with Crippen molar-refractivity contribution in [3.05, 3.63) is 108 Å². The number of carbonyl (C=O) groups excluding carboxylic acids is 2. The maximum atomic E-state index is 10.7. The van der Waals surface area contributed by atoms with Crippen molar-refractivity contribution in [2.45, 2.75) is 6.92 Å². The average molecular weight is 354 g/mol. The quantitative estimate of drug-likeness (QED) is 0.490. The third-order valence-corrected chi connectivity index (χ3v) is 3.22. The Morgan fingerprint density at radius 1 is 0.593 bits per heavy atom. The van der Waals surface area contributed by atoms with Gasteiger partial charge >= 0.3 is 0 Å². The summed E-state index contributed by atoms with van der Waals surface area (Å²) in [5.74, 6) is -0.971. The molecule has 0 atom stereocenters. The molecule has 3 aromatic rings. The SMILES string of the molecule is Cc1ccccc1.N#CC(=O)c1ccccc1.N#CC(=O)c1ccccc1. The molecular weight excluding hydrogens is 336 g/mol. The summed E-state index contributed by atoms with van der Waals surface area (Å²) in [5, 5.41) is 16.4. The first-order valence-corrected chi connectivity index (χ1v) is 8.09. The van der Waals surface area contributed by atoms with E-state index in [0.29, 0.717) is 11.1 Å². The largest absolute Gasteiger partial charge is 0.277 e. The minimum atomic E-state index is -0.486. The van der Waals surface area contributed by atoms with Crippen LogP contribution in [-0.4, -0.2) is 11.6 Å². The molecule has 0 fully saturated rings. The number of hydrogen-bond acceptors (Lipinski definition) is 4. The highest BCUT2D eigenvalue weighted by atomic mass is 16.1. The highest BCUT2D eigenvalue weighted by Crippen LogP contribution is 1.98. The number of ketones is 2. The molecule has 0 aliphatic rings. The molecule has 0 aromatic heterocycles. The summed E-state index contributed by atoms with van der Waals surface area (Å²) in [4.78, 5) is 21.3. The van der Waals surface area contributed by atoms with E-state index >= 15 is 0 Å². The van der Waals surface area contributed by atoms with Crippen molar-refractivity contribution < 1.29 is 9.59 Å². The summed E-state index contributed by atoms with van der Waals surface area (Å²) in [6.45, 7) is 2.08. The zero-order chi connectivity index (χ0) is 19.9. The van der Waals surface area contributed by atoms with Gasteiger partial charge in [0.1, 0.15) is 12.1 Å². The Bertz CT molecular complexity index is 861. The van der Waals surface area contributed by atoms with Crippen molar-refractivity contribution in [3.63, 3.8) is 0 Å². The third-order valence-electron chi connectivity index (χ3n) is 3.22. The predicted molar refractivity (Wildman–Crippen MR) is 104 cm³/mol. The molecule has 0 bridgehead atoms. The van der Waals surface area contributed by atoms with Crippen LogP contribution in [0.25, 0.3) is 0 Å². The number of nitriles is 2. The Kier molecular flexibility index (Phi) is 9.62. The maximum absolute atomic E-state index is 10.7. The first-order chi connectivity index (χ1) is 13.1. The van der Waals surface area contributed by atoms with Crippen molar-refractivity contribution in [2.75, 3.05) is 0 Å². The minimum Gasteiger partial charge on any atom is -0.277 e. The number of Topliss-reactive ketones (excluding diaryl/α,β-unsaturated/α-hetero) is 2. The zero-order valence-electron chi connectivity index (χ0n) is 14.9. The van der Waals surface area contributed by atoms with Gasteiger partial charge in [-0.25, -0.2) is 0 Å². The summed E-state index contributed by atoms with van der Waals surface area (Å²) >= 11 is 0. The molecule has 0 aliphatic heterocycles. The Morgan fingerprint density at radius 3 is 1.11 bits per heavy atom. The number of nitrogens with zero attached hydrogens (tertiary/aromatic N) is 2. The van der Waals surface area contributed by atoms with Gasteiger partial charge in [0.25, 0.3) is 11.6 Å². The Labute approximate surface area is 158 Å². The van der Waals surface area contributed by atoms with E-state index in [9.17, 15) is 9.59 Å². The molecule has 0 amide bonds. The van der Waals surface area contributed by atoms with Crippen molar-refractivity contribution in [3.8, 4) is 12.1 Å². The van der Waals surface area contributed by atoms with Crippen LogP contribution in [0, 0.1) is 29.6 Å².